The predicted molar refractivity (Wildman–Crippen MR) is 207 cm³/mol. The molecule has 6 aliphatic rings. The van der Waals surface area contributed by atoms with Crippen molar-refractivity contribution < 1.29 is 4.42 Å². The normalized spacial score (nSPS) is 27.8. The molecule has 0 N–H and O–H groups in total. The van der Waals surface area contributed by atoms with Crippen LogP contribution in [-0.4, -0.2) is 0 Å². The van der Waals surface area contributed by atoms with Gasteiger partial charge in [0.25, 0.3) is 0 Å². The minimum absolute atomic E-state index is 0.118. The molecule has 1 spiro atoms. The van der Waals surface area contributed by atoms with Crippen LogP contribution in [0.2, 0.25) is 0 Å². The molecule has 2 nitrogen and oxygen atoms in total. The summed E-state index contributed by atoms with van der Waals surface area (Å²) in [5.41, 5.74) is 15.2. The van der Waals surface area contributed by atoms with E-state index in [4.69, 9.17) is 4.42 Å². The lowest BCUT2D eigenvalue weighted by atomic mass is 9.43. The van der Waals surface area contributed by atoms with Crippen molar-refractivity contribution in [1.82, 2.24) is 0 Å². The maximum absolute atomic E-state index is 6.35. The van der Waals surface area contributed by atoms with Gasteiger partial charge in [0.15, 0.2) is 0 Å². The minimum atomic E-state index is 0.118. The van der Waals surface area contributed by atoms with E-state index < -0.39 is 0 Å². The van der Waals surface area contributed by atoms with Gasteiger partial charge in [-0.1, -0.05) is 88.4 Å². The van der Waals surface area contributed by atoms with Gasteiger partial charge in [0.2, 0.25) is 0 Å². The van der Waals surface area contributed by atoms with Gasteiger partial charge >= 0.3 is 0 Å². The van der Waals surface area contributed by atoms with Crippen molar-refractivity contribution in [3.8, 4) is 11.1 Å². The lowest BCUT2D eigenvalue weighted by Crippen LogP contribution is -2.55. The second-order valence-electron chi connectivity index (χ2n) is 18.0. The summed E-state index contributed by atoms with van der Waals surface area (Å²) in [5.74, 6) is 3.34. The predicted octanol–water partition coefficient (Wildman–Crippen LogP) is 13.1. The first-order valence-electron chi connectivity index (χ1n) is 19.3. The molecule has 0 amide bonds. The van der Waals surface area contributed by atoms with E-state index in [-0.39, 0.29) is 16.2 Å². The Morgan fingerprint density at radius 1 is 0.540 bits per heavy atom. The Balaban J connectivity index is 1.19. The Morgan fingerprint density at radius 3 is 1.98 bits per heavy atom. The van der Waals surface area contributed by atoms with Gasteiger partial charge in [-0.15, -0.1) is 0 Å². The Kier molecular flexibility index (Phi) is 5.85. The lowest BCUT2D eigenvalue weighted by Gasteiger charge is -2.61. The van der Waals surface area contributed by atoms with Gasteiger partial charge in [-0.2, -0.15) is 0 Å². The van der Waals surface area contributed by atoms with Crippen LogP contribution in [0.25, 0.3) is 33.1 Å². The highest BCUT2D eigenvalue weighted by molar-refractivity contribution is 6.07. The van der Waals surface area contributed by atoms with Crippen molar-refractivity contribution in [2.75, 3.05) is 4.90 Å². The van der Waals surface area contributed by atoms with E-state index in [2.05, 4.69) is 136 Å². The third kappa shape index (κ3) is 3.81. The summed E-state index contributed by atoms with van der Waals surface area (Å²) in [6, 6.07) is 39.7. The summed E-state index contributed by atoms with van der Waals surface area (Å²) in [7, 11) is 0. The molecule has 0 saturated heterocycles. The Hall–Kier alpha value is -4.30. The molecule has 2 heteroatoms. The molecular weight excluding hydrogens is 607 g/mol. The third-order valence-electron chi connectivity index (χ3n) is 14.5. The zero-order valence-corrected chi connectivity index (χ0v) is 29.9. The van der Waals surface area contributed by atoms with E-state index in [1.165, 1.54) is 95.0 Å². The molecule has 0 radical (unpaired) electrons. The number of fused-ring (bicyclic) bond motifs is 7. The molecular formula is C48H47NO. The average Bonchev–Trinajstić information content (AvgIpc) is 3.63. The molecule has 0 unspecified atom stereocenters. The van der Waals surface area contributed by atoms with Crippen molar-refractivity contribution in [2.45, 2.75) is 88.9 Å². The van der Waals surface area contributed by atoms with E-state index in [1.54, 1.807) is 11.1 Å². The highest BCUT2D eigenvalue weighted by Crippen LogP contribution is 2.70. The van der Waals surface area contributed by atoms with Crippen LogP contribution < -0.4 is 4.90 Å². The van der Waals surface area contributed by atoms with Gasteiger partial charge in [-0.05, 0) is 150 Å². The summed E-state index contributed by atoms with van der Waals surface area (Å²) in [5, 5.41) is 2.35. The van der Waals surface area contributed by atoms with Gasteiger partial charge in [-0.3, -0.25) is 0 Å². The molecule has 6 aromatic rings. The van der Waals surface area contributed by atoms with Crippen molar-refractivity contribution in [1.29, 1.82) is 0 Å². The maximum Gasteiger partial charge on any atom is 0.135 e. The quantitative estimate of drug-likeness (QED) is 0.189. The van der Waals surface area contributed by atoms with Gasteiger partial charge in [0.05, 0.1) is 5.69 Å². The van der Waals surface area contributed by atoms with E-state index >= 15 is 0 Å². The maximum atomic E-state index is 6.35. The molecule has 12 rings (SSSR count). The van der Waals surface area contributed by atoms with Crippen LogP contribution in [0.1, 0.15) is 94.9 Å². The first-order chi connectivity index (χ1) is 24.2. The monoisotopic (exact) mass is 653 g/mol. The van der Waals surface area contributed by atoms with Crippen molar-refractivity contribution in [2.24, 2.45) is 23.7 Å². The molecule has 50 heavy (non-hydrogen) atoms. The average molecular weight is 654 g/mol. The van der Waals surface area contributed by atoms with Crippen LogP contribution in [0, 0.1) is 23.7 Å². The van der Waals surface area contributed by atoms with Crippen LogP contribution in [0.4, 0.5) is 17.1 Å². The fraction of sp³-hybridized carbons (Fsp3) is 0.375. The molecule has 4 bridgehead atoms. The molecule has 0 atom stereocenters. The number of rotatable bonds is 3. The van der Waals surface area contributed by atoms with Crippen LogP contribution in [0.3, 0.4) is 0 Å². The minimum Gasteiger partial charge on any atom is -0.456 e. The van der Waals surface area contributed by atoms with E-state index in [0.29, 0.717) is 0 Å². The van der Waals surface area contributed by atoms with Crippen molar-refractivity contribution >= 4 is 39.0 Å². The summed E-state index contributed by atoms with van der Waals surface area (Å²) < 4.78 is 6.35. The van der Waals surface area contributed by atoms with Gasteiger partial charge < -0.3 is 9.32 Å². The van der Waals surface area contributed by atoms with E-state index in [1.807, 2.05) is 0 Å². The van der Waals surface area contributed by atoms with E-state index in [0.717, 1.165) is 34.8 Å². The number of benzene rings is 5. The Labute approximate surface area is 296 Å². The fourth-order valence-corrected chi connectivity index (χ4v) is 12.4. The molecule has 6 aliphatic carbocycles. The fourth-order valence-electron chi connectivity index (χ4n) is 12.4. The van der Waals surface area contributed by atoms with Gasteiger partial charge in [-0.25, -0.2) is 0 Å². The van der Waals surface area contributed by atoms with Crippen LogP contribution in [0.5, 0.6) is 0 Å². The SMILES string of the molecule is CC1(C)CCC(C)(C)c2cc(N(c3ccc4oc5ccccc5c4c3)c3cccc4c3-c3ccccc3C43C4CC5CC(C4)CC3C5)ccc21. The number of hydrogen-bond donors (Lipinski definition) is 0. The number of anilines is 3. The number of hydrogen-bond acceptors (Lipinski definition) is 2. The molecule has 5 aromatic carbocycles. The Morgan fingerprint density at radius 2 is 1.18 bits per heavy atom. The number of furan rings is 1. The highest BCUT2D eigenvalue weighted by atomic mass is 16.3. The lowest BCUT2D eigenvalue weighted by molar-refractivity contribution is -0.0399. The largest absolute Gasteiger partial charge is 0.456 e. The molecule has 250 valence electrons. The molecule has 4 fully saturated rings. The first-order valence-corrected chi connectivity index (χ1v) is 19.3. The van der Waals surface area contributed by atoms with Crippen molar-refractivity contribution in [3.05, 3.63) is 125 Å². The second kappa shape index (κ2) is 9.93. The summed E-state index contributed by atoms with van der Waals surface area (Å²) in [4.78, 5) is 2.60. The number of nitrogens with zero attached hydrogens (tertiary/aromatic N) is 1. The zero-order valence-electron chi connectivity index (χ0n) is 29.9. The van der Waals surface area contributed by atoms with Gasteiger partial charge in [0.1, 0.15) is 11.2 Å². The van der Waals surface area contributed by atoms with Crippen molar-refractivity contribution in [3.63, 3.8) is 0 Å². The summed E-state index contributed by atoms with van der Waals surface area (Å²) >= 11 is 0. The topological polar surface area (TPSA) is 16.4 Å². The molecule has 1 aromatic heterocycles. The van der Waals surface area contributed by atoms with Crippen LogP contribution >= 0.6 is 0 Å². The summed E-state index contributed by atoms with van der Waals surface area (Å²) in [6.45, 7) is 9.76. The smallest absolute Gasteiger partial charge is 0.135 e. The third-order valence-corrected chi connectivity index (χ3v) is 14.5. The summed E-state index contributed by atoms with van der Waals surface area (Å²) in [6.07, 6.45) is 9.48. The highest BCUT2D eigenvalue weighted by Gasteiger charge is 2.61. The Bertz CT molecular complexity index is 2340. The standard InChI is InChI=1S/C48H47NO/c1-46(2)20-21-47(3,4)41-28-34(16-18-39(41)46)49(33-17-19-44-37(27-33)35-10-6-8-15-43(35)50-44)42-14-9-13-40-45(42)36-11-5-7-12-38(36)48(40)31-23-29-22-30(25-31)26-32(48)24-29/h5-19,27-32H,20-26H2,1-4H3. The molecule has 1 heterocycles. The van der Waals surface area contributed by atoms with Crippen LogP contribution in [0.15, 0.2) is 108 Å². The molecule has 4 saturated carbocycles. The van der Waals surface area contributed by atoms with E-state index in [9.17, 15) is 0 Å². The molecule has 0 aliphatic heterocycles. The van der Waals surface area contributed by atoms with Crippen LogP contribution in [-0.2, 0) is 16.2 Å². The zero-order chi connectivity index (χ0) is 33.6. The number of para-hydroxylation sites is 1. The van der Waals surface area contributed by atoms with Gasteiger partial charge in [0, 0.05) is 33.1 Å². The second-order valence-corrected chi connectivity index (χ2v) is 18.0. The first kappa shape index (κ1) is 29.4.